The molecule has 0 aromatic heterocycles. The first-order valence-corrected chi connectivity index (χ1v) is 38.7. The van der Waals surface area contributed by atoms with Gasteiger partial charge in [0.2, 0.25) is 0 Å². The highest BCUT2D eigenvalue weighted by atomic mass is 16.6. The zero-order valence-electron chi connectivity index (χ0n) is 57.7. The molecule has 0 aromatic carbocycles. The number of carbonyl (C=O) groups excluding carboxylic acids is 2. The van der Waals surface area contributed by atoms with Crippen LogP contribution >= 0.6 is 0 Å². The maximum absolute atomic E-state index is 12.4. The summed E-state index contributed by atoms with van der Waals surface area (Å²) < 4.78 is 10.8. The van der Waals surface area contributed by atoms with Crippen molar-refractivity contribution in [2.75, 3.05) is 13.2 Å². The fourth-order valence-electron chi connectivity index (χ4n) is 12.1. The van der Waals surface area contributed by atoms with E-state index in [1.807, 2.05) is 0 Å². The van der Waals surface area contributed by atoms with Crippen LogP contribution in [0.15, 0.2) is 48.6 Å². The molecule has 0 heterocycles. The minimum Gasteiger partial charge on any atom is -0.462 e. The van der Waals surface area contributed by atoms with Gasteiger partial charge in [-0.05, 0) is 51.4 Å². The van der Waals surface area contributed by atoms with E-state index in [0.717, 1.165) is 57.8 Å². The maximum Gasteiger partial charge on any atom is 0.306 e. The van der Waals surface area contributed by atoms with Crippen LogP contribution in [0.1, 0.15) is 431 Å². The molecule has 1 atom stereocenters. The zero-order valence-corrected chi connectivity index (χ0v) is 57.7. The van der Waals surface area contributed by atoms with Crippen molar-refractivity contribution >= 4 is 11.9 Å². The first-order valence-electron chi connectivity index (χ1n) is 38.7. The second-order valence-corrected chi connectivity index (χ2v) is 26.4. The quantitative estimate of drug-likeness (QED) is 0.0373. The van der Waals surface area contributed by atoms with Crippen LogP contribution in [0.25, 0.3) is 0 Å². The summed E-state index contributed by atoms with van der Waals surface area (Å²) in [6.07, 6.45) is 103. The highest BCUT2D eigenvalue weighted by Gasteiger charge is 2.16. The average molecular weight is 1190 g/mol. The summed E-state index contributed by atoms with van der Waals surface area (Å²) in [5.74, 6) is -0.564. The molecule has 0 fully saturated rings. The lowest BCUT2D eigenvalue weighted by atomic mass is 10.0. The van der Waals surface area contributed by atoms with Crippen LogP contribution in [-0.2, 0) is 19.1 Å². The van der Waals surface area contributed by atoms with Crippen LogP contribution < -0.4 is 0 Å². The molecule has 0 aliphatic carbocycles. The Morgan fingerprint density at radius 2 is 0.506 bits per heavy atom. The third kappa shape index (κ3) is 74.2. The molecule has 0 rings (SSSR count). The smallest absolute Gasteiger partial charge is 0.306 e. The highest BCUT2D eigenvalue weighted by molar-refractivity contribution is 5.70. The fourth-order valence-corrected chi connectivity index (χ4v) is 12.1. The molecule has 1 unspecified atom stereocenters. The molecule has 0 aromatic rings. The number of unbranched alkanes of at least 4 members (excludes halogenated alkanes) is 57. The van der Waals surface area contributed by atoms with Gasteiger partial charge in [0.25, 0.3) is 0 Å². The van der Waals surface area contributed by atoms with Crippen molar-refractivity contribution < 1.29 is 24.2 Å². The molecular formula is C80H150O5. The van der Waals surface area contributed by atoms with E-state index in [1.54, 1.807) is 0 Å². The van der Waals surface area contributed by atoms with Crippen molar-refractivity contribution in [2.24, 2.45) is 0 Å². The molecule has 0 aliphatic heterocycles. The third-order valence-corrected chi connectivity index (χ3v) is 17.9. The minimum atomic E-state index is -0.771. The number of allylic oxidation sites excluding steroid dienone is 8. The molecule has 0 saturated carbocycles. The summed E-state index contributed by atoms with van der Waals surface area (Å²) in [6, 6.07) is 0. The Morgan fingerprint density at radius 1 is 0.282 bits per heavy atom. The molecule has 5 heteroatoms. The molecule has 500 valence electrons. The number of esters is 2. The molecule has 0 aliphatic rings. The van der Waals surface area contributed by atoms with Gasteiger partial charge in [-0.2, -0.15) is 0 Å². The zero-order chi connectivity index (χ0) is 61.2. The van der Waals surface area contributed by atoms with Gasteiger partial charge in [-0.1, -0.05) is 416 Å². The van der Waals surface area contributed by atoms with Gasteiger partial charge in [-0.25, -0.2) is 0 Å². The molecule has 0 saturated heterocycles. The molecule has 1 N–H and O–H groups in total. The second kappa shape index (κ2) is 76.1. The van der Waals surface area contributed by atoms with E-state index in [4.69, 9.17) is 9.47 Å². The summed E-state index contributed by atoms with van der Waals surface area (Å²) in [5.41, 5.74) is 0. The summed E-state index contributed by atoms with van der Waals surface area (Å²) in [6.45, 7) is 4.10. The molecule has 0 radical (unpaired) electrons. The summed E-state index contributed by atoms with van der Waals surface area (Å²) in [5, 5.41) is 9.72. The molecule has 85 heavy (non-hydrogen) atoms. The van der Waals surface area contributed by atoms with E-state index in [9.17, 15) is 14.7 Å². The minimum absolute atomic E-state index is 0.0591. The van der Waals surface area contributed by atoms with Gasteiger partial charge in [0.1, 0.15) is 6.61 Å². The van der Waals surface area contributed by atoms with Gasteiger partial charge in [-0.15, -0.1) is 0 Å². The van der Waals surface area contributed by atoms with Gasteiger partial charge in [0, 0.05) is 12.8 Å². The number of carbonyl (C=O) groups is 2. The Labute approximate surface area is 532 Å². The lowest BCUT2D eigenvalue weighted by Gasteiger charge is -2.15. The molecule has 0 spiro atoms. The van der Waals surface area contributed by atoms with Crippen LogP contribution in [0, 0.1) is 0 Å². The molecule has 5 nitrogen and oxygen atoms in total. The molecular weight excluding hydrogens is 1040 g/mol. The normalized spacial score (nSPS) is 12.4. The Bertz CT molecular complexity index is 1400. The van der Waals surface area contributed by atoms with E-state index in [1.165, 1.54) is 347 Å². The first kappa shape index (κ1) is 82.9. The van der Waals surface area contributed by atoms with Crippen LogP contribution in [0.3, 0.4) is 0 Å². The Morgan fingerprint density at radius 3 is 0.765 bits per heavy atom. The van der Waals surface area contributed by atoms with E-state index < -0.39 is 6.10 Å². The van der Waals surface area contributed by atoms with Crippen molar-refractivity contribution in [3.63, 3.8) is 0 Å². The summed E-state index contributed by atoms with van der Waals surface area (Å²) in [4.78, 5) is 24.7. The van der Waals surface area contributed by atoms with E-state index in [-0.39, 0.29) is 25.2 Å². The monoisotopic (exact) mass is 1190 g/mol. The number of hydrogen-bond donors (Lipinski definition) is 1. The number of aliphatic hydroxyl groups is 1. The van der Waals surface area contributed by atoms with Crippen molar-refractivity contribution in [3.8, 4) is 0 Å². The Balaban J connectivity index is 3.36. The topological polar surface area (TPSA) is 72.8 Å². The molecule has 0 bridgehead atoms. The predicted molar refractivity (Wildman–Crippen MR) is 376 cm³/mol. The predicted octanol–water partition coefficient (Wildman–Crippen LogP) is 27.1. The van der Waals surface area contributed by atoms with Crippen LogP contribution in [0.5, 0.6) is 0 Å². The summed E-state index contributed by atoms with van der Waals surface area (Å²) >= 11 is 0. The van der Waals surface area contributed by atoms with Gasteiger partial charge in [0.15, 0.2) is 6.10 Å². The van der Waals surface area contributed by atoms with Crippen molar-refractivity contribution in [1.29, 1.82) is 0 Å². The fraction of sp³-hybridized carbons (Fsp3) is 0.875. The lowest BCUT2D eigenvalue weighted by Crippen LogP contribution is -2.28. The second-order valence-electron chi connectivity index (χ2n) is 26.4. The van der Waals surface area contributed by atoms with Crippen LogP contribution in [0.4, 0.5) is 0 Å². The third-order valence-electron chi connectivity index (χ3n) is 17.9. The van der Waals surface area contributed by atoms with Crippen LogP contribution in [-0.4, -0.2) is 36.4 Å². The SMILES string of the molecule is CC/C=C\C/C=C\C/C=C\C/C=C\CCCCCCCCCCCCCCCCCCCCCCC(=O)OC(CO)COC(=O)CCCCCCCCCCCCCCCCCCCCCCCCCCCCCCCCCCCCCCCC. The standard InChI is InChI=1S/C80H150O5/c1-3-5-7-9-11-13-15-17-19-21-23-25-27-29-31-33-35-37-38-39-40-41-43-44-46-48-50-52-54-56-58-60-62-64-66-68-70-72-74-79(82)84-77-78(76-81)85-80(83)75-73-71-69-67-65-63-61-59-57-55-53-51-49-47-45-42-36-34-32-30-28-26-24-22-20-18-16-14-12-10-8-6-4-2/h6,8,12,14,18,20,24,26,78,81H,3-5,7,9-11,13,15-17,19,21-23,25,27-77H2,1-2H3/b8-6-,14-12-,20-18-,26-24-. The van der Waals surface area contributed by atoms with Crippen molar-refractivity contribution in [1.82, 2.24) is 0 Å². The van der Waals surface area contributed by atoms with Crippen molar-refractivity contribution in [2.45, 2.75) is 437 Å². The molecule has 0 amide bonds. The lowest BCUT2D eigenvalue weighted by molar-refractivity contribution is -0.161. The van der Waals surface area contributed by atoms with E-state index >= 15 is 0 Å². The Hall–Kier alpha value is -2.14. The van der Waals surface area contributed by atoms with E-state index in [2.05, 4.69) is 62.5 Å². The largest absolute Gasteiger partial charge is 0.462 e. The average Bonchev–Trinajstić information content (AvgIpc) is 3.52. The van der Waals surface area contributed by atoms with Crippen LogP contribution in [0.2, 0.25) is 0 Å². The van der Waals surface area contributed by atoms with Gasteiger partial charge in [0.05, 0.1) is 6.61 Å². The highest BCUT2D eigenvalue weighted by Crippen LogP contribution is 2.20. The number of aliphatic hydroxyl groups excluding tert-OH is 1. The maximum atomic E-state index is 12.4. The number of rotatable bonds is 73. The Kier molecular flexibility index (Phi) is 74.2. The summed E-state index contributed by atoms with van der Waals surface area (Å²) in [7, 11) is 0. The number of hydrogen-bond acceptors (Lipinski definition) is 5. The number of ether oxygens (including phenoxy) is 2. The van der Waals surface area contributed by atoms with Gasteiger partial charge in [-0.3, -0.25) is 9.59 Å². The van der Waals surface area contributed by atoms with Gasteiger partial charge < -0.3 is 14.6 Å². The van der Waals surface area contributed by atoms with Gasteiger partial charge >= 0.3 is 11.9 Å². The van der Waals surface area contributed by atoms with E-state index in [0.29, 0.717) is 12.8 Å². The van der Waals surface area contributed by atoms with Crippen molar-refractivity contribution in [3.05, 3.63) is 48.6 Å². The first-order chi connectivity index (χ1) is 42.1.